The van der Waals surface area contributed by atoms with Gasteiger partial charge in [0, 0.05) is 41.5 Å². The Kier molecular flexibility index (Phi) is 8.11. The van der Waals surface area contributed by atoms with Crippen molar-refractivity contribution in [2.45, 2.75) is 39.2 Å². The number of aryl methyl sites for hydroxylation is 1. The van der Waals surface area contributed by atoms with Crippen LogP contribution in [-0.4, -0.2) is 20.7 Å². The van der Waals surface area contributed by atoms with E-state index in [1.807, 2.05) is 30.3 Å². The fraction of sp³-hybridized carbons (Fsp3) is 0.273. The molecule has 29 heavy (non-hydrogen) atoms. The van der Waals surface area contributed by atoms with Gasteiger partial charge in [-0.15, -0.1) is 24.8 Å². The first kappa shape index (κ1) is 22.8. The molecule has 3 aromatic rings. The van der Waals surface area contributed by atoms with E-state index < -0.39 is 0 Å². The summed E-state index contributed by atoms with van der Waals surface area (Å²) in [5.41, 5.74) is 5.80. The number of ether oxygens (including phenoxy) is 1. The number of ketones is 1. The van der Waals surface area contributed by atoms with Crippen LogP contribution in [0.15, 0.2) is 48.9 Å². The number of rotatable bonds is 5. The van der Waals surface area contributed by atoms with Crippen LogP contribution in [0.1, 0.15) is 47.1 Å². The monoisotopic (exact) mass is 431 g/mol. The van der Waals surface area contributed by atoms with Gasteiger partial charge in [-0.25, -0.2) is 4.98 Å². The minimum Gasteiger partial charge on any atom is -0.471 e. The van der Waals surface area contributed by atoms with Crippen LogP contribution in [0.4, 0.5) is 0 Å². The molecule has 0 aliphatic heterocycles. The predicted octanol–water partition coefficient (Wildman–Crippen LogP) is 5.04. The fourth-order valence-corrected chi connectivity index (χ4v) is 3.42. The zero-order valence-electron chi connectivity index (χ0n) is 16.1. The lowest BCUT2D eigenvalue weighted by Crippen LogP contribution is -2.09. The first-order valence-electron chi connectivity index (χ1n) is 9.22. The molecule has 3 aromatic heterocycles. The minimum absolute atomic E-state index is 0. The van der Waals surface area contributed by atoms with E-state index in [1.165, 1.54) is 5.56 Å². The van der Waals surface area contributed by atoms with Crippen LogP contribution in [0.3, 0.4) is 0 Å². The maximum atomic E-state index is 11.8. The molecule has 0 fully saturated rings. The minimum atomic E-state index is 0. The number of carbonyl (C=O) groups is 1. The predicted molar refractivity (Wildman–Crippen MR) is 117 cm³/mol. The highest BCUT2D eigenvalue weighted by atomic mass is 35.5. The third-order valence-electron chi connectivity index (χ3n) is 4.83. The molecule has 7 heteroatoms. The molecule has 0 aromatic carbocycles. The van der Waals surface area contributed by atoms with Crippen molar-refractivity contribution in [1.82, 2.24) is 15.0 Å². The van der Waals surface area contributed by atoms with Crippen LogP contribution in [-0.2, 0) is 19.4 Å². The molecule has 3 heterocycles. The quantitative estimate of drug-likeness (QED) is 0.529. The van der Waals surface area contributed by atoms with Crippen molar-refractivity contribution in [1.29, 1.82) is 0 Å². The number of halogens is 2. The maximum absolute atomic E-state index is 11.8. The van der Waals surface area contributed by atoms with Gasteiger partial charge in [0.25, 0.3) is 0 Å². The van der Waals surface area contributed by atoms with Gasteiger partial charge in [0.15, 0.2) is 5.78 Å². The molecule has 0 radical (unpaired) electrons. The van der Waals surface area contributed by atoms with E-state index in [4.69, 9.17) is 9.72 Å². The third-order valence-corrected chi connectivity index (χ3v) is 4.83. The number of carbonyl (C=O) groups excluding carboxylic acids is 1. The molecule has 0 atom stereocenters. The smallest absolute Gasteiger partial charge is 0.214 e. The van der Waals surface area contributed by atoms with Gasteiger partial charge in [-0.3, -0.25) is 14.8 Å². The number of pyridine rings is 3. The molecule has 4 rings (SSSR count). The van der Waals surface area contributed by atoms with Crippen LogP contribution >= 0.6 is 24.8 Å². The van der Waals surface area contributed by atoms with E-state index in [0.29, 0.717) is 18.1 Å². The van der Waals surface area contributed by atoms with E-state index in [0.717, 1.165) is 48.2 Å². The number of nitrogens with zero attached hydrogens (tertiary/aromatic N) is 3. The second kappa shape index (κ2) is 10.3. The van der Waals surface area contributed by atoms with Gasteiger partial charge < -0.3 is 4.74 Å². The van der Waals surface area contributed by atoms with Crippen molar-refractivity contribution in [3.8, 4) is 17.0 Å². The zero-order valence-corrected chi connectivity index (χ0v) is 17.8. The summed E-state index contributed by atoms with van der Waals surface area (Å²) in [5.74, 6) is 0.600. The average molecular weight is 432 g/mol. The van der Waals surface area contributed by atoms with E-state index in [-0.39, 0.29) is 30.6 Å². The first-order chi connectivity index (χ1) is 13.2. The number of aromatic nitrogens is 3. The zero-order chi connectivity index (χ0) is 18.6. The second-order valence-corrected chi connectivity index (χ2v) is 6.77. The lowest BCUT2D eigenvalue weighted by molar-refractivity contribution is 0.101. The normalized spacial score (nSPS) is 12.2. The van der Waals surface area contributed by atoms with Crippen molar-refractivity contribution in [3.63, 3.8) is 0 Å². The highest BCUT2D eigenvalue weighted by Gasteiger charge is 2.19. The summed E-state index contributed by atoms with van der Waals surface area (Å²) in [4.78, 5) is 25.0. The second-order valence-electron chi connectivity index (χ2n) is 6.77. The van der Waals surface area contributed by atoms with Crippen LogP contribution in [0, 0.1) is 0 Å². The Morgan fingerprint density at radius 3 is 2.69 bits per heavy atom. The third kappa shape index (κ3) is 5.31. The Balaban J connectivity index is 0.00000150. The highest BCUT2D eigenvalue weighted by molar-refractivity contribution is 5.95. The largest absolute Gasteiger partial charge is 0.471 e. The Labute approximate surface area is 182 Å². The van der Waals surface area contributed by atoms with Gasteiger partial charge in [0.1, 0.15) is 6.61 Å². The van der Waals surface area contributed by atoms with Crippen molar-refractivity contribution in [2.75, 3.05) is 0 Å². The van der Waals surface area contributed by atoms with Crippen molar-refractivity contribution in [2.24, 2.45) is 0 Å². The number of hydrogen-bond donors (Lipinski definition) is 0. The lowest BCUT2D eigenvalue weighted by atomic mass is 9.89. The van der Waals surface area contributed by atoms with Crippen molar-refractivity contribution in [3.05, 3.63) is 71.4 Å². The lowest BCUT2D eigenvalue weighted by Gasteiger charge is -2.20. The van der Waals surface area contributed by atoms with E-state index >= 15 is 0 Å². The first-order valence-corrected chi connectivity index (χ1v) is 9.22. The molecule has 1 aliphatic carbocycles. The summed E-state index contributed by atoms with van der Waals surface area (Å²) >= 11 is 0. The Morgan fingerprint density at radius 2 is 1.93 bits per heavy atom. The molecular weight excluding hydrogens is 409 g/mol. The summed E-state index contributed by atoms with van der Waals surface area (Å²) in [6, 6.07) is 9.62. The Bertz CT molecular complexity index is 981. The van der Waals surface area contributed by atoms with Crippen molar-refractivity contribution < 1.29 is 9.53 Å². The SMILES string of the molecule is CC(=O)c1cncc(-c2cc(OCc3ccccn3)nc3c2CCCC3)c1.Cl.Cl. The summed E-state index contributed by atoms with van der Waals surface area (Å²) in [5, 5.41) is 0. The fourth-order valence-electron chi connectivity index (χ4n) is 3.42. The summed E-state index contributed by atoms with van der Waals surface area (Å²) < 4.78 is 5.94. The van der Waals surface area contributed by atoms with Crippen LogP contribution in [0.5, 0.6) is 5.88 Å². The number of fused-ring (bicyclic) bond motifs is 1. The van der Waals surface area contributed by atoms with Crippen LogP contribution < -0.4 is 4.74 Å². The van der Waals surface area contributed by atoms with Crippen LogP contribution in [0.25, 0.3) is 11.1 Å². The van der Waals surface area contributed by atoms with Gasteiger partial charge >= 0.3 is 0 Å². The van der Waals surface area contributed by atoms with E-state index in [9.17, 15) is 4.79 Å². The molecule has 0 unspecified atom stereocenters. The van der Waals surface area contributed by atoms with Gasteiger partial charge in [-0.2, -0.15) is 0 Å². The van der Waals surface area contributed by atoms with Gasteiger partial charge in [0.05, 0.1) is 5.69 Å². The van der Waals surface area contributed by atoms with Crippen molar-refractivity contribution >= 4 is 30.6 Å². The molecule has 0 amide bonds. The van der Waals surface area contributed by atoms with E-state index in [2.05, 4.69) is 9.97 Å². The Hall–Kier alpha value is -2.50. The summed E-state index contributed by atoms with van der Waals surface area (Å²) in [6.45, 7) is 1.93. The molecule has 0 N–H and O–H groups in total. The molecule has 152 valence electrons. The van der Waals surface area contributed by atoms with Gasteiger partial charge in [-0.1, -0.05) is 6.07 Å². The highest BCUT2D eigenvalue weighted by Crippen LogP contribution is 2.33. The maximum Gasteiger partial charge on any atom is 0.214 e. The van der Waals surface area contributed by atoms with Crippen LogP contribution in [0.2, 0.25) is 0 Å². The van der Waals surface area contributed by atoms with Gasteiger partial charge in [-0.05, 0) is 61.9 Å². The molecule has 5 nitrogen and oxygen atoms in total. The summed E-state index contributed by atoms with van der Waals surface area (Å²) in [7, 11) is 0. The van der Waals surface area contributed by atoms with Gasteiger partial charge in [0.2, 0.25) is 5.88 Å². The Morgan fingerprint density at radius 1 is 1.10 bits per heavy atom. The molecule has 1 aliphatic rings. The molecule has 0 bridgehead atoms. The number of hydrogen-bond acceptors (Lipinski definition) is 5. The summed E-state index contributed by atoms with van der Waals surface area (Å²) in [6.07, 6.45) is 9.39. The average Bonchev–Trinajstić information content (AvgIpc) is 2.72. The topological polar surface area (TPSA) is 65.0 Å². The number of Topliss-reactive ketones (excluding diaryl/α,β-unsaturated/α-hetero) is 1. The molecule has 0 saturated carbocycles. The molecule has 0 spiro atoms. The molecular formula is C22H23Cl2N3O2. The van der Waals surface area contributed by atoms with E-state index in [1.54, 1.807) is 25.5 Å². The standard InChI is InChI=1S/C22H21N3O2.2ClH/c1-15(26)16-10-17(13-23-12-16)20-11-22(25-21-8-3-2-7-19(20)21)27-14-18-6-4-5-9-24-18;;/h4-6,9-13H,2-3,7-8,14H2,1H3;2*1H. The molecule has 0 saturated heterocycles.